The first kappa shape index (κ1) is 11.5. The standard InChI is InChI=1S/C14H14N6/c1-3-10(4-2-9(1)11-5-6-19-20-11)12-13-14(17-7-15-12)18-8-16-13/h1-4,7-8,11,19-20H,5-6H2,(H,15,16,17,18). The van der Waals surface area contributed by atoms with Crippen molar-refractivity contribution >= 4 is 11.2 Å². The minimum Gasteiger partial charge on any atom is -0.341 e. The normalized spacial score (nSPS) is 18.7. The highest BCUT2D eigenvalue weighted by molar-refractivity contribution is 5.86. The fourth-order valence-corrected chi connectivity index (χ4v) is 2.59. The van der Waals surface area contributed by atoms with Crippen molar-refractivity contribution in [1.82, 2.24) is 30.8 Å². The zero-order valence-corrected chi connectivity index (χ0v) is 10.8. The number of benzene rings is 1. The van der Waals surface area contributed by atoms with E-state index in [0.29, 0.717) is 11.7 Å². The predicted octanol–water partition coefficient (Wildman–Crippen LogP) is 1.56. The minimum absolute atomic E-state index is 0.390. The van der Waals surface area contributed by atoms with E-state index in [-0.39, 0.29) is 0 Å². The van der Waals surface area contributed by atoms with Crippen molar-refractivity contribution < 1.29 is 0 Å². The number of H-pyrrole nitrogens is 1. The summed E-state index contributed by atoms with van der Waals surface area (Å²) >= 11 is 0. The lowest BCUT2D eigenvalue weighted by Crippen LogP contribution is -2.24. The lowest BCUT2D eigenvalue weighted by atomic mass is 10.0. The summed E-state index contributed by atoms with van der Waals surface area (Å²) < 4.78 is 0. The van der Waals surface area contributed by atoms with Gasteiger partial charge in [-0.05, 0) is 12.0 Å². The van der Waals surface area contributed by atoms with Crippen LogP contribution in [0.15, 0.2) is 36.9 Å². The Morgan fingerprint density at radius 3 is 2.75 bits per heavy atom. The van der Waals surface area contributed by atoms with Gasteiger partial charge in [-0.3, -0.25) is 10.9 Å². The van der Waals surface area contributed by atoms with E-state index in [0.717, 1.165) is 29.7 Å². The van der Waals surface area contributed by atoms with Crippen LogP contribution in [0.3, 0.4) is 0 Å². The second-order valence-corrected chi connectivity index (χ2v) is 4.86. The van der Waals surface area contributed by atoms with Gasteiger partial charge in [-0.2, -0.15) is 0 Å². The first-order valence-corrected chi connectivity index (χ1v) is 6.64. The zero-order chi connectivity index (χ0) is 13.4. The minimum atomic E-state index is 0.390. The molecule has 100 valence electrons. The van der Waals surface area contributed by atoms with E-state index in [1.165, 1.54) is 5.56 Å². The van der Waals surface area contributed by atoms with Gasteiger partial charge in [-0.15, -0.1) is 0 Å². The van der Waals surface area contributed by atoms with E-state index in [2.05, 4.69) is 55.1 Å². The van der Waals surface area contributed by atoms with Crippen molar-refractivity contribution in [2.24, 2.45) is 0 Å². The third-order valence-electron chi connectivity index (χ3n) is 3.64. The summed E-state index contributed by atoms with van der Waals surface area (Å²) in [5, 5.41) is 0. The molecule has 1 fully saturated rings. The average Bonchev–Trinajstić information content (AvgIpc) is 3.18. The molecule has 6 nitrogen and oxygen atoms in total. The van der Waals surface area contributed by atoms with Crippen LogP contribution in [0.4, 0.5) is 0 Å². The van der Waals surface area contributed by atoms with Crippen LogP contribution in [-0.4, -0.2) is 26.5 Å². The lowest BCUT2D eigenvalue weighted by molar-refractivity contribution is 0.581. The van der Waals surface area contributed by atoms with Crippen LogP contribution < -0.4 is 10.9 Å². The van der Waals surface area contributed by atoms with Gasteiger partial charge in [0.2, 0.25) is 0 Å². The van der Waals surface area contributed by atoms with Crippen molar-refractivity contribution in [3.8, 4) is 11.3 Å². The molecule has 0 saturated carbocycles. The van der Waals surface area contributed by atoms with Crippen LogP contribution in [0, 0.1) is 0 Å². The Hall–Kier alpha value is -2.31. The SMILES string of the molecule is c1nc(-c2ccc(C3CCNN3)cc2)c2[nH]cnc2n1. The third-order valence-corrected chi connectivity index (χ3v) is 3.64. The fourth-order valence-electron chi connectivity index (χ4n) is 2.59. The smallest absolute Gasteiger partial charge is 0.181 e. The van der Waals surface area contributed by atoms with E-state index in [1.54, 1.807) is 12.7 Å². The number of nitrogens with zero attached hydrogens (tertiary/aromatic N) is 3. The average molecular weight is 266 g/mol. The quantitative estimate of drug-likeness (QED) is 0.656. The van der Waals surface area contributed by atoms with Gasteiger partial charge in [-0.1, -0.05) is 24.3 Å². The van der Waals surface area contributed by atoms with E-state index in [1.807, 2.05) is 0 Å². The molecule has 2 aromatic heterocycles. The van der Waals surface area contributed by atoms with Crippen LogP contribution in [0.1, 0.15) is 18.0 Å². The first-order chi connectivity index (χ1) is 9.92. The van der Waals surface area contributed by atoms with Crippen LogP contribution in [0.2, 0.25) is 0 Å². The summed E-state index contributed by atoms with van der Waals surface area (Å²) in [7, 11) is 0. The van der Waals surface area contributed by atoms with Gasteiger partial charge in [-0.25, -0.2) is 15.0 Å². The Bertz CT molecular complexity index is 727. The van der Waals surface area contributed by atoms with Crippen molar-refractivity contribution in [3.05, 3.63) is 42.5 Å². The van der Waals surface area contributed by atoms with Gasteiger partial charge in [0, 0.05) is 18.2 Å². The molecule has 6 heteroatoms. The van der Waals surface area contributed by atoms with Crippen LogP contribution in [-0.2, 0) is 0 Å². The molecule has 1 aromatic carbocycles. The number of imidazole rings is 1. The van der Waals surface area contributed by atoms with Crippen LogP contribution >= 0.6 is 0 Å². The van der Waals surface area contributed by atoms with E-state index in [4.69, 9.17) is 0 Å². The number of hydrogen-bond acceptors (Lipinski definition) is 5. The molecule has 0 radical (unpaired) electrons. The number of nitrogens with one attached hydrogen (secondary N) is 3. The number of rotatable bonds is 2. The maximum absolute atomic E-state index is 4.37. The summed E-state index contributed by atoms with van der Waals surface area (Å²) in [5.41, 5.74) is 11.2. The Kier molecular flexibility index (Phi) is 2.68. The van der Waals surface area contributed by atoms with Crippen molar-refractivity contribution in [1.29, 1.82) is 0 Å². The Labute approximate surface area is 115 Å². The third kappa shape index (κ3) is 1.86. The molecule has 1 aliphatic rings. The second-order valence-electron chi connectivity index (χ2n) is 4.86. The number of fused-ring (bicyclic) bond motifs is 1. The number of hydrogen-bond donors (Lipinski definition) is 3. The molecule has 1 aliphatic heterocycles. The molecular weight excluding hydrogens is 252 g/mol. The van der Waals surface area contributed by atoms with Gasteiger partial charge in [0.25, 0.3) is 0 Å². The molecule has 20 heavy (non-hydrogen) atoms. The van der Waals surface area contributed by atoms with Crippen LogP contribution in [0.5, 0.6) is 0 Å². The summed E-state index contributed by atoms with van der Waals surface area (Å²) in [6.45, 7) is 1.01. The maximum Gasteiger partial charge on any atom is 0.181 e. The van der Waals surface area contributed by atoms with Gasteiger partial charge in [0.05, 0.1) is 12.0 Å². The van der Waals surface area contributed by atoms with E-state index >= 15 is 0 Å². The lowest BCUT2D eigenvalue weighted by Gasteiger charge is -2.10. The van der Waals surface area contributed by atoms with Crippen LogP contribution in [0.25, 0.3) is 22.4 Å². The topological polar surface area (TPSA) is 78.5 Å². The highest BCUT2D eigenvalue weighted by Gasteiger charge is 2.16. The summed E-state index contributed by atoms with van der Waals surface area (Å²) in [5.74, 6) is 0. The highest BCUT2D eigenvalue weighted by Crippen LogP contribution is 2.26. The summed E-state index contributed by atoms with van der Waals surface area (Å²) in [6, 6.07) is 8.87. The Morgan fingerprint density at radius 1 is 1.05 bits per heavy atom. The largest absolute Gasteiger partial charge is 0.341 e. The molecule has 3 heterocycles. The summed E-state index contributed by atoms with van der Waals surface area (Å²) in [4.78, 5) is 15.8. The maximum atomic E-state index is 4.37. The Morgan fingerprint density at radius 2 is 1.95 bits per heavy atom. The van der Waals surface area contributed by atoms with Gasteiger partial charge in [0.1, 0.15) is 11.8 Å². The molecule has 1 unspecified atom stereocenters. The number of aromatic amines is 1. The predicted molar refractivity (Wildman–Crippen MR) is 75.6 cm³/mol. The van der Waals surface area contributed by atoms with Gasteiger partial charge >= 0.3 is 0 Å². The first-order valence-electron chi connectivity index (χ1n) is 6.64. The van der Waals surface area contributed by atoms with Gasteiger partial charge in [0.15, 0.2) is 5.65 Å². The molecule has 0 aliphatic carbocycles. The molecule has 4 rings (SSSR count). The van der Waals surface area contributed by atoms with Gasteiger partial charge < -0.3 is 4.98 Å². The van der Waals surface area contributed by atoms with Crippen molar-refractivity contribution in [3.63, 3.8) is 0 Å². The highest BCUT2D eigenvalue weighted by atomic mass is 15.4. The molecule has 1 atom stereocenters. The molecule has 3 N–H and O–H groups in total. The molecular formula is C14H14N6. The number of hydrazine groups is 1. The molecule has 3 aromatic rings. The zero-order valence-electron chi connectivity index (χ0n) is 10.8. The van der Waals surface area contributed by atoms with E-state index < -0.39 is 0 Å². The number of aromatic nitrogens is 4. The Balaban J connectivity index is 1.73. The van der Waals surface area contributed by atoms with Crippen molar-refractivity contribution in [2.75, 3.05) is 6.54 Å². The fraction of sp³-hybridized carbons (Fsp3) is 0.214. The molecule has 0 bridgehead atoms. The molecule has 1 saturated heterocycles. The van der Waals surface area contributed by atoms with Crippen molar-refractivity contribution in [2.45, 2.75) is 12.5 Å². The molecule has 0 spiro atoms. The monoisotopic (exact) mass is 266 g/mol. The molecule has 0 amide bonds. The summed E-state index contributed by atoms with van der Waals surface area (Å²) in [6.07, 6.45) is 4.30. The second kappa shape index (κ2) is 4.66. The van der Waals surface area contributed by atoms with E-state index in [9.17, 15) is 0 Å².